The molecule has 0 spiro atoms. The third kappa shape index (κ3) is 3.34. The molecule has 8 heteroatoms. The Balaban J connectivity index is 2.14. The van der Waals surface area contributed by atoms with Crippen LogP contribution in [0.2, 0.25) is 0 Å². The molecule has 0 bridgehead atoms. The van der Waals surface area contributed by atoms with Crippen LogP contribution in [0.4, 0.5) is 0 Å². The van der Waals surface area contributed by atoms with Crippen molar-refractivity contribution >= 4 is 11.2 Å². The maximum absolute atomic E-state index is 12.7. The highest BCUT2D eigenvalue weighted by Gasteiger charge is 2.19. The summed E-state index contributed by atoms with van der Waals surface area (Å²) in [5.41, 5.74) is 2.83. The maximum Gasteiger partial charge on any atom is 0.250 e. The molecule has 4 aromatic rings. The fourth-order valence-corrected chi connectivity index (χ4v) is 3.56. The van der Waals surface area contributed by atoms with E-state index in [9.17, 15) is 20.1 Å². The summed E-state index contributed by atoms with van der Waals surface area (Å²) in [7, 11) is 0. The van der Waals surface area contributed by atoms with Gasteiger partial charge >= 0.3 is 0 Å². The van der Waals surface area contributed by atoms with Gasteiger partial charge in [0, 0.05) is 35.6 Å². The van der Waals surface area contributed by atoms with Crippen molar-refractivity contribution < 1.29 is 0 Å². The molecule has 0 aliphatic carbocycles. The molecule has 0 atom stereocenters. The van der Waals surface area contributed by atoms with Crippen molar-refractivity contribution in [3.8, 4) is 34.7 Å². The Hall–Kier alpha value is -4.56. The van der Waals surface area contributed by atoms with Gasteiger partial charge in [0.1, 0.15) is 11.6 Å². The normalized spacial score (nSPS) is 10.8. The van der Waals surface area contributed by atoms with E-state index in [1.165, 1.54) is 12.3 Å². The number of nitrogens with zero attached hydrogens (tertiary/aromatic N) is 5. The lowest BCUT2D eigenvalue weighted by atomic mass is 9.97. The molecule has 0 saturated heterocycles. The highest BCUT2D eigenvalue weighted by atomic mass is 16.1. The van der Waals surface area contributed by atoms with Crippen molar-refractivity contribution in [2.75, 3.05) is 0 Å². The maximum atomic E-state index is 12.7. The number of pyridine rings is 2. The summed E-state index contributed by atoms with van der Waals surface area (Å²) in [6.45, 7) is 5.60. The quantitative estimate of drug-likeness (QED) is 0.538. The van der Waals surface area contributed by atoms with E-state index in [0.29, 0.717) is 28.1 Å². The predicted octanol–water partition coefficient (Wildman–Crippen LogP) is 3.45. The molecule has 0 aliphatic rings. The minimum Gasteiger partial charge on any atom is -0.343 e. The van der Waals surface area contributed by atoms with Crippen LogP contribution in [0.15, 0.2) is 52.3 Å². The molecule has 1 N–H and O–H groups in total. The fraction of sp³-hybridized carbons (Fsp3) is 0.167. The number of benzene rings is 1. The second kappa shape index (κ2) is 7.93. The zero-order valence-corrected chi connectivity index (χ0v) is 17.7. The van der Waals surface area contributed by atoms with Crippen molar-refractivity contribution in [1.82, 2.24) is 19.5 Å². The average Bonchev–Trinajstić information content (AvgIpc) is 2.79. The predicted molar refractivity (Wildman–Crippen MR) is 120 cm³/mol. The summed E-state index contributed by atoms with van der Waals surface area (Å²) in [4.78, 5) is 37.2. The van der Waals surface area contributed by atoms with E-state index in [0.717, 1.165) is 5.56 Å². The molecule has 3 heterocycles. The SMILES string of the molecule is Cc1c(C#N)cccc1-c1nc2[nH]cc(C#N)c(=O)c2nc1-c1ccc(=O)n(C(C)C)c1. The number of hydrogen-bond acceptors (Lipinski definition) is 6. The van der Waals surface area contributed by atoms with E-state index in [1.807, 2.05) is 32.9 Å². The number of rotatable bonds is 3. The Morgan fingerprint density at radius 3 is 2.44 bits per heavy atom. The average molecular weight is 422 g/mol. The molecule has 1 aromatic carbocycles. The molecule has 8 nitrogen and oxygen atoms in total. The van der Waals surface area contributed by atoms with E-state index in [-0.39, 0.29) is 28.3 Å². The molecule has 0 radical (unpaired) electrons. The lowest BCUT2D eigenvalue weighted by Crippen LogP contribution is -2.20. The van der Waals surface area contributed by atoms with Gasteiger partial charge in [-0.2, -0.15) is 10.5 Å². The van der Waals surface area contributed by atoms with Crippen molar-refractivity contribution in [1.29, 1.82) is 10.5 Å². The highest BCUT2D eigenvalue weighted by Crippen LogP contribution is 2.33. The van der Waals surface area contributed by atoms with E-state index in [1.54, 1.807) is 29.0 Å². The molecule has 0 unspecified atom stereocenters. The molecule has 156 valence electrons. The number of fused-ring (bicyclic) bond motifs is 1. The van der Waals surface area contributed by atoms with Gasteiger partial charge in [0.15, 0.2) is 11.2 Å². The van der Waals surface area contributed by atoms with Gasteiger partial charge in [-0.15, -0.1) is 0 Å². The molecule has 4 rings (SSSR count). The minimum absolute atomic E-state index is 0.0270. The number of hydrogen-bond donors (Lipinski definition) is 1. The van der Waals surface area contributed by atoms with Gasteiger partial charge < -0.3 is 9.55 Å². The van der Waals surface area contributed by atoms with Gasteiger partial charge in [-0.25, -0.2) is 9.97 Å². The molecule has 0 saturated carbocycles. The third-order valence-electron chi connectivity index (χ3n) is 5.31. The van der Waals surface area contributed by atoms with Crippen LogP contribution in [0.5, 0.6) is 0 Å². The van der Waals surface area contributed by atoms with Crippen molar-refractivity contribution in [2.24, 2.45) is 0 Å². The Morgan fingerprint density at radius 1 is 1.00 bits per heavy atom. The van der Waals surface area contributed by atoms with Crippen molar-refractivity contribution in [3.05, 3.63) is 80.0 Å². The number of aromatic amines is 1. The lowest BCUT2D eigenvalue weighted by Gasteiger charge is -2.15. The number of aromatic nitrogens is 4. The first-order valence-corrected chi connectivity index (χ1v) is 9.92. The van der Waals surface area contributed by atoms with Gasteiger partial charge in [-0.05, 0) is 38.5 Å². The van der Waals surface area contributed by atoms with E-state index < -0.39 is 5.43 Å². The van der Waals surface area contributed by atoms with Crippen LogP contribution >= 0.6 is 0 Å². The second-order valence-electron chi connectivity index (χ2n) is 7.61. The molecule has 0 aliphatic heterocycles. The van der Waals surface area contributed by atoms with Crippen LogP contribution in [-0.2, 0) is 0 Å². The van der Waals surface area contributed by atoms with Crippen LogP contribution in [0.3, 0.4) is 0 Å². The molecule has 32 heavy (non-hydrogen) atoms. The van der Waals surface area contributed by atoms with Crippen LogP contribution in [-0.4, -0.2) is 19.5 Å². The monoisotopic (exact) mass is 422 g/mol. The summed E-state index contributed by atoms with van der Waals surface area (Å²) >= 11 is 0. The zero-order chi connectivity index (χ0) is 23.0. The Labute approximate surface area is 183 Å². The smallest absolute Gasteiger partial charge is 0.250 e. The first-order valence-electron chi connectivity index (χ1n) is 9.92. The third-order valence-corrected chi connectivity index (χ3v) is 5.31. The Morgan fingerprint density at radius 2 is 1.75 bits per heavy atom. The van der Waals surface area contributed by atoms with Crippen LogP contribution in [0.1, 0.15) is 36.6 Å². The van der Waals surface area contributed by atoms with Crippen molar-refractivity contribution in [3.63, 3.8) is 0 Å². The lowest BCUT2D eigenvalue weighted by molar-refractivity contribution is 0.579. The van der Waals surface area contributed by atoms with Gasteiger partial charge in [-0.1, -0.05) is 12.1 Å². The summed E-state index contributed by atoms with van der Waals surface area (Å²) in [6.07, 6.45) is 2.98. The van der Waals surface area contributed by atoms with Crippen LogP contribution < -0.4 is 11.0 Å². The van der Waals surface area contributed by atoms with E-state index in [4.69, 9.17) is 0 Å². The largest absolute Gasteiger partial charge is 0.343 e. The molecular formula is C24H18N6O2. The first kappa shape index (κ1) is 20.7. The van der Waals surface area contributed by atoms with Crippen LogP contribution in [0.25, 0.3) is 33.7 Å². The van der Waals surface area contributed by atoms with Crippen molar-refractivity contribution in [2.45, 2.75) is 26.8 Å². The number of H-pyrrole nitrogens is 1. The second-order valence-corrected chi connectivity index (χ2v) is 7.61. The number of nitriles is 2. The van der Waals surface area contributed by atoms with Gasteiger partial charge in [0.25, 0.3) is 5.56 Å². The van der Waals surface area contributed by atoms with Gasteiger partial charge in [0.2, 0.25) is 5.43 Å². The van der Waals surface area contributed by atoms with Gasteiger partial charge in [0.05, 0.1) is 23.0 Å². The molecule has 0 amide bonds. The summed E-state index contributed by atoms with van der Waals surface area (Å²) in [5, 5.41) is 18.7. The summed E-state index contributed by atoms with van der Waals surface area (Å²) in [5.74, 6) is 0. The Kier molecular flexibility index (Phi) is 5.13. The topological polar surface area (TPSA) is 128 Å². The van der Waals surface area contributed by atoms with Gasteiger partial charge in [-0.3, -0.25) is 9.59 Å². The van der Waals surface area contributed by atoms with E-state index in [2.05, 4.69) is 21.0 Å². The fourth-order valence-electron chi connectivity index (χ4n) is 3.56. The molecular weight excluding hydrogens is 404 g/mol. The zero-order valence-electron chi connectivity index (χ0n) is 17.7. The Bertz CT molecular complexity index is 1580. The summed E-state index contributed by atoms with van der Waals surface area (Å²) in [6, 6.07) is 12.3. The number of nitrogens with one attached hydrogen (secondary N) is 1. The highest BCUT2D eigenvalue weighted by molar-refractivity contribution is 5.86. The molecule has 3 aromatic heterocycles. The summed E-state index contributed by atoms with van der Waals surface area (Å²) < 4.78 is 1.57. The standard InChI is InChI=1S/C24H18N6O2/c1-13(2)30-12-16(7-8-19(30)31)20-21(18-6-4-5-15(9-25)14(18)3)29-24-22(28-20)23(32)17(10-26)11-27-24/h4-8,11-13H,1-3H3,(H,27,29,32). The first-order chi connectivity index (χ1) is 15.3. The van der Waals surface area contributed by atoms with Crippen LogP contribution in [0, 0.1) is 29.6 Å². The van der Waals surface area contributed by atoms with E-state index >= 15 is 0 Å². The molecule has 0 fully saturated rings. The minimum atomic E-state index is -0.527.